The SMILES string of the molecule is CCN(CC#N)C(C)S(C)(=O)=O. The van der Waals surface area contributed by atoms with Gasteiger partial charge in [0.05, 0.1) is 12.6 Å². The molecule has 5 heteroatoms. The van der Waals surface area contributed by atoms with Crippen molar-refractivity contribution in [3.8, 4) is 6.07 Å². The summed E-state index contributed by atoms with van der Waals surface area (Å²) in [5.74, 6) is 0. The highest BCUT2D eigenvalue weighted by atomic mass is 32.2. The molecular formula is C7H14N2O2S. The molecule has 0 aromatic rings. The lowest BCUT2D eigenvalue weighted by Crippen LogP contribution is -2.38. The van der Waals surface area contributed by atoms with Gasteiger partial charge in [0.25, 0.3) is 0 Å². The largest absolute Gasteiger partial charge is 0.275 e. The Morgan fingerprint density at radius 2 is 2.08 bits per heavy atom. The highest BCUT2D eigenvalue weighted by molar-refractivity contribution is 7.91. The molecule has 0 fully saturated rings. The third-order valence-electron chi connectivity index (χ3n) is 1.81. The quantitative estimate of drug-likeness (QED) is 0.595. The first-order valence-corrected chi connectivity index (χ1v) is 5.68. The lowest BCUT2D eigenvalue weighted by Gasteiger charge is -2.22. The number of sulfone groups is 1. The summed E-state index contributed by atoms with van der Waals surface area (Å²) < 4.78 is 22.1. The lowest BCUT2D eigenvalue weighted by atomic mass is 10.5. The molecule has 0 aliphatic carbocycles. The van der Waals surface area contributed by atoms with E-state index in [0.717, 1.165) is 0 Å². The van der Waals surface area contributed by atoms with Crippen LogP contribution >= 0.6 is 0 Å². The lowest BCUT2D eigenvalue weighted by molar-refractivity contribution is 0.304. The van der Waals surface area contributed by atoms with Crippen molar-refractivity contribution in [1.82, 2.24) is 4.90 Å². The van der Waals surface area contributed by atoms with Crippen LogP contribution in [-0.4, -0.2) is 38.0 Å². The minimum Gasteiger partial charge on any atom is -0.275 e. The molecule has 0 spiro atoms. The zero-order chi connectivity index (χ0) is 9.78. The van der Waals surface area contributed by atoms with E-state index < -0.39 is 15.2 Å². The Hall–Kier alpha value is -0.600. The second-order valence-corrected chi connectivity index (χ2v) is 4.99. The maximum absolute atomic E-state index is 11.1. The Labute approximate surface area is 73.7 Å². The summed E-state index contributed by atoms with van der Waals surface area (Å²) in [5.41, 5.74) is 0. The molecule has 0 aliphatic heterocycles. The first-order chi connectivity index (χ1) is 5.43. The van der Waals surface area contributed by atoms with Crippen LogP contribution in [-0.2, 0) is 9.84 Å². The molecule has 0 radical (unpaired) electrons. The fraction of sp³-hybridized carbons (Fsp3) is 0.857. The number of hydrogen-bond donors (Lipinski definition) is 0. The Bertz CT molecular complexity index is 266. The normalized spacial score (nSPS) is 14.2. The van der Waals surface area contributed by atoms with Crippen LogP contribution < -0.4 is 0 Å². The molecule has 0 rings (SSSR count). The summed E-state index contributed by atoms with van der Waals surface area (Å²) in [6.45, 7) is 4.15. The second-order valence-electron chi connectivity index (χ2n) is 2.65. The van der Waals surface area contributed by atoms with Gasteiger partial charge < -0.3 is 0 Å². The van der Waals surface area contributed by atoms with Crippen LogP contribution in [0.25, 0.3) is 0 Å². The summed E-state index contributed by atoms with van der Waals surface area (Å²) in [6, 6.07) is 1.93. The zero-order valence-electron chi connectivity index (χ0n) is 7.61. The number of hydrogen-bond acceptors (Lipinski definition) is 4. The van der Waals surface area contributed by atoms with E-state index in [4.69, 9.17) is 5.26 Å². The summed E-state index contributed by atoms with van der Waals surface area (Å²) in [6.07, 6.45) is 1.18. The van der Waals surface area contributed by atoms with Crippen LogP contribution in [0.2, 0.25) is 0 Å². The van der Waals surface area contributed by atoms with Crippen molar-refractivity contribution in [2.75, 3.05) is 19.3 Å². The summed E-state index contributed by atoms with van der Waals surface area (Å²) in [5, 5.41) is 7.83. The second kappa shape index (κ2) is 4.43. The van der Waals surface area contributed by atoms with Gasteiger partial charge >= 0.3 is 0 Å². The third-order valence-corrected chi connectivity index (χ3v) is 3.35. The van der Waals surface area contributed by atoms with Crippen molar-refractivity contribution >= 4 is 9.84 Å². The van der Waals surface area contributed by atoms with Gasteiger partial charge in [0, 0.05) is 6.26 Å². The van der Waals surface area contributed by atoms with Crippen molar-refractivity contribution in [3.63, 3.8) is 0 Å². The minimum absolute atomic E-state index is 0.157. The molecular weight excluding hydrogens is 176 g/mol. The van der Waals surface area contributed by atoms with Gasteiger partial charge in [0.15, 0.2) is 9.84 Å². The summed E-state index contributed by atoms with van der Waals surface area (Å²) >= 11 is 0. The van der Waals surface area contributed by atoms with E-state index in [9.17, 15) is 8.42 Å². The van der Waals surface area contributed by atoms with Gasteiger partial charge in [-0.2, -0.15) is 5.26 Å². The molecule has 12 heavy (non-hydrogen) atoms. The first-order valence-electron chi connectivity index (χ1n) is 3.73. The highest BCUT2D eigenvalue weighted by Crippen LogP contribution is 2.04. The Kier molecular flexibility index (Phi) is 4.21. The average molecular weight is 190 g/mol. The van der Waals surface area contributed by atoms with Crippen LogP contribution in [0, 0.1) is 11.3 Å². The van der Waals surface area contributed by atoms with Gasteiger partial charge in [-0.15, -0.1) is 0 Å². The van der Waals surface area contributed by atoms with E-state index in [2.05, 4.69) is 0 Å². The van der Waals surface area contributed by atoms with Crippen LogP contribution in [0.15, 0.2) is 0 Å². The standard InChI is InChI=1S/C7H14N2O2S/c1-4-9(6-5-8)7(2)12(3,10)11/h7H,4,6H2,1-3H3. The van der Waals surface area contributed by atoms with Crippen molar-refractivity contribution in [3.05, 3.63) is 0 Å². The predicted molar refractivity (Wildman–Crippen MR) is 47.2 cm³/mol. The fourth-order valence-electron chi connectivity index (χ4n) is 0.859. The van der Waals surface area contributed by atoms with Crippen LogP contribution in [0.3, 0.4) is 0 Å². The van der Waals surface area contributed by atoms with E-state index in [1.807, 2.05) is 13.0 Å². The van der Waals surface area contributed by atoms with E-state index in [1.54, 1.807) is 11.8 Å². The molecule has 0 aromatic heterocycles. The Morgan fingerprint density at radius 3 is 2.33 bits per heavy atom. The highest BCUT2D eigenvalue weighted by Gasteiger charge is 2.20. The molecule has 0 saturated carbocycles. The predicted octanol–water partition coefficient (Wildman–Crippen LogP) is 0.222. The maximum atomic E-state index is 11.1. The van der Waals surface area contributed by atoms with Crippen molar-refractivity contribution in [2.24, 2.45) is 0 Å². The molecule has 70 valence electrons. The van der Waals surface area contributed by atoms with Crippen LogP contribution in [0.4, 0.5) is 0 Å². The maximum Gasteiger partial charge on any atom is 0.163 e. The third kappa shape index (κ3) is 3.20. The van der Waals surface area contributed by atoms with Gasteiger partial charge in [-0.05, 0) is 13.5 Å². The Balaban J connectivity index is 4.45. The zero-order valence-corrected chi connectivity index (χ0v) is 8.43. The van der Waals surface area contributed by atoms with Crippen molar-refractivity contribution in [1.29, 1.82) is 5.26 Å². The van der Waals surface area contributed by atoms with Gasteiger partial charge in [-0.25, -0.2) is 8.42 Å². The Morgan fingerprint density at radius 1 is 1.58 bits per heavy atom. The van der Waals surface area contributed by atoms with Gasteiger partial charge in [-0.1, -0.05) is 6.92 Å². The first kappa shape index (κ1) is 11.4. The van der Waals surface area contributed by atoms with E-state index in [0.29, 0.717) is 6.54 Å². The molecule has 0 amide bonds. The molecule has 4 nitrogen and oxygen atoms in total. The topological polar surface area (TPSA) is 61.2 Å². The summed E-state index contributed by atoms with van der Waals surface area (Å²) in [4.78, 5) is 1.61. The van der Waals surface area contributed by atoms with Crippen molar-refractivity contribution in [2.45, 2.75) is 19.2 Å². The summed E-state index contributed by atoms with van der Waals surface area (Å²) in [7, 11) is -3.06. The van der Waals surface area contributed by atoms with Crippen LogP contribution in [0.1, 0.15) is 13.8 Å². The minimum atomic E-state index is -3.06. The fourth-order valence-corrected chi connectivity index (χ4v) is 1.62. The van der Waals surface area contributed by atoms with E-state index >= 15 is 0 Å². The van der Waals surface area contributed by atoms with Gasteiger partial charge in [0.2, 0.25) is 0 Å². The van der Waals surface area contributed by atoms with Gasteiger partial charge in [-0.3, -0.25) is 4.90 Å². The molecule has 0 aromatic carbocycles. The van der Waals surface area contributed by atoms with Crippen LogP contribution in [0.5, 0.6) is 0 Å². The van der Waals surface area contributed by atoms with Crippen molar-refractivity contribution < 1.29 is 8.42 Å². The number of nitriles is 1. The molecule has 0 heterocycles. The molecule has 0 N–H and O–H groups in total. The molecule has 1 unspecified atom stereocenters. The number of nitrogens with zero attached hydrogens (tertiary/aromatic N) is 2. The van der Waals surface area contributed by atoms with Gasteiger partial charge in [0.1, 0.15) is 5.37 Å². The number of rotatable bonds is 4. The average Bonchev–Trinajstić information content (AvgIpc) is 1.97. The molecule has 0 saturated heterocycles. The van der Waals surface area contributed by atoms with E-state index in [1.165, 1.54) is 6.26 Å². The molecule has 0 aliphatic rings. The molecule has 1 atom stereocenters. The van der Waals surface area contributed by atoms with E-state index in [-0.39, 0.29) is 6.54 Å². The molecule has 0 bridgehead atoms. The monoisotopic (exact) mass is 190 g/mol. The smallest absolute Gasteiger partial charge is 0.163 e.